The van der Waals surface area contributed by atoms with Gasteiger partial charge in [0, 0.05) is 50.8 Å². The number of anilines is 1. The number of hydrogen-bond donors (Lipinski definition) is 0. The highest BCUT2D eigenvalue weighted by Crippen LogP contribution is 2.29. The average molecular weight is 337 g/mol. The molecule has 1 aliphatic heterocycles. The van der Waals surface area contributed by atoms with Gasteiger partial charge in [0.2, 0.25) is 5.95 Å². The third-order valence-electron chi connectivity index (χ3n) is 3.94. The number of pyridine rings is 1. The molecule has 1 fully saturated rings. The van der Waals surface area contributed by atoms with Gasteiger partial charge in [0.25, 0.3) is 0 Å². The van der Waals surface area contributed by atoms with Gasteiger partial charge in [-0.1, -0.05) is 0 Å². The number of hydrogen-bond acceptors (Lipinski definition) is 5. The van der Waals surface area contributed by atoms with Crippen LogP contribution in [0.15, 0.2) is 30.6 Å². The molecule has 0 N–H and O–H groups in total. The minimum Gasteiger partial charge on any atom is -0.338 e. The highest BCUT2D eigenvalue weighted by molar-refractivity contribution is 5.34. The highest BCUT2D eigenvalue weighted by atomic mass is 19.4. The first-order chi connectivity index (χ1) is 11.4. The van der Waals surface area contributed by atoms with E-state index in [9.17, 15) is 13.2 Å². The molecule has 5 nitrogen and oxygen atoms in total. The Balaban J connectivity index is 1.65. The minimum atomic E-state index is -4.45. The van der Waals surface area contributed by atoms with Gasteiger partial charge in [0.15, 0.2) is 0 Å². The molecule has 2 aromatic rings. The molecule has 2 aromatic heterocycles. The Kier molecular flexibility index (Phi) is 4.66. The van der Waals surface area contributed by atoms with Crippen LogP contribution in [0.1, 0.15) is 17.0 Å². The van der Waals surface area contributed by atoms with Crippen molar-refractivity contribution in [3.05, 3.63) is 47.5 Å². The molecule has 0 saturated carbocycles. The quantitative estimate of drug-likeness (QED) is 0.861. The van der Waals surface area contributed by atoms with Crippen LogP contribution in [0.2, 0.25) is 0 Å². The molecule has 8 heteroatoms. The topological polar surface area (TPSA) is 45.2 Å². The van der Waals surface area contributed by atoms with Crippen LogP contribution in [0.25, 0.3) is 0 Å². The van der Waals surface area contributed by atoms with Crippen molar-refractivity contribution in [2.24, 2.45) is 0 Å². The van der Waals surface area contributed by atoms with Crippen LogP contribution in [0.3, 0.4) is 0 Å². The fraction of sp³-hybridized carbons (Fsp3) is 0.438. The molecule has 24 heavy (non-hydrogen) atoms. The number of nitrogens with zero attached hydrogens (tertiary/aromatic N) is 5. The van der Waals surface area contributed by atoms with Crippen molar-refractivity contribution in [3.8, 4) is 0 Å². The number of halogens is 3. The second-order valence-corrected chi connectivity index (χ2v) is 5.81. The monoisotopic (exact) mass is 337 g/mol. The van der Waals surface area contributed by atoms with E-state index in [2.05, 4.69) is 19.9 Å². The van der Waals surface area contributed by atoms with Crippen LogP contribution in [-0.4, -0.2) is 46.0 Å². The number of rotatable bonds is 3. The lowest BCUT2D eigenvalue weighted by molar-refractivity contribution is -0.141. The molecule has 128 valence electrons. The zero-order valence-corrected chi connectivity index (χ0v) is 13.3. The van der Waals surface area contributed by atoms with Crippen molar-refractivity contribution in [2.45, 2.75) is 19.6 Å². The smallest absolute Gasteiger partial charge is 0.338 e. The third kappa shape index (κ3) is 4.00. The molecule has 0 spiro atoms. The van der Waals surface area contributed by atoms with E-state index < -0.39 is 11.9 Å². The SMILES string of the molecule is Cc1cc(C(F)(F)F)nc(N2CCN(Cc3ccncc3)CC2)n1. The Labute approximate surface area is 138 Å². The molecule has 3 heterocycles. The van der Waals surface area contributed by atoms with Crippen LogP contribution >= 0.6 is 0 Å². The van der Waals surface area contributed by atoms with Gasteiger partial charge in [-0.15, -0.1) is 0 Å². The first-order valence-electron chi connectivity index (χ1n) is 7.71. The Morgan fingerprint density at radius 2 is 1.71 bits per heavy atom. The number of aromatic nitrogens is 3. The first kappa shape index (κ1) is 16.6. The highest BCUT2D eigenvalue weighted by Gasteiger charge is 2.34. The molecule has 0 bridgehead atoms. The Morgan fingerprint density at radius 3 is 2.33 bits per heavy atom. The van der Waals surface area contributed by atoms with Gasteiger partial charge in [-0.2, -0.15) is 13.2 Å². The van der Waals surface area contributed by atoms with E-state index in [4.69, 9.17) is 0 Å². The van der Waals surface area contributed by atoms with E-state index in [-0.39, 0.29) is 5.95 Å². The molecule has 1 saturated heterocycles. The maximum Gasteiger partial charge on any atom is 0.433 e. The van der Waals surface area contributed by atoms with Gasteiger partial charge in [-0.25, -0.2) is 9.97 Å². The summed E-state index contributed by atoms with van der Waals surface area (Å²) in [6.07, 6.45) is -0.943. The summed E-state index contributed by atoms with van der Waals surface area (Å²) in [5.41, 5.74) is 0.611. The molecular weight excluding hydrogens is 319 g/mol. The van der Waals surface area contributed by atoms with Crippen molar-refractivity contribution in [2.75, 3.05) is 31.1 Å². The standard InChI is InChI=1S/C16H18F3N5/c1-12-10-14(16(17,18)19)22-15(21-12)24-8-6-23(7-9-24)11-13-2-4-20-5-3-13/h2-5,10H,6-9,11H2,1H3. The van der Waals surface area contributed by atoms with Crippen molar-refractivity contribution in [3.63, 3.8) is 0 Å². The molecule has 0 aromatic carbocycles. The fourth-order valence-electron chi connectivity index (χ4n) is 2.69. The van der Waals surface area contributed by atoms with Crippen LogP contribution in [-0.2, 0) is 12.7 Å². The number of alkyl halides is 3. The average Bonchev–Trinajstić information content (AvgIpc) is 2.55. The molecule has 0 unspecified atom stereocenters. The third-order valence-corrected chi connectivity index (χ3v) is 3.94. The zero-order chi connectivity index (χ0) is 17.2. The van der Waals surface area contributed by atoms with E-state index in [0.29, 0.717) is 18.8 Å². The summed E-state index contributed by atoms with van der Waals surface area (Å²) in [6, 6.07) is 4.90. The van der Waals surface area contributed by atoms with Gasteiger partial charge in [-0.3, -0.25) is 9.88 Å². The largest absolute Gasteiger partial charge is 0.433 e. The predicted octanol–water partition coefficient (Wildman–Crippen LogP) is 2.52. The maximum absolute atomic E-state index is 12.9. The van der Waals surface area contributed by atoms with Crippen LogP contribution in [0, 0.1) is 6.92 Å². The molecular formula is C16H18F3N5. The summed E-state index contributed by atoms with van der Waals surface area (Å²) >= 11 is 0. The normalized spacial score (nSPS) is 16.4. The van der Waals surface area contributed by atoms with Crippen LogP contribution in [0.5, 0.6) is 0 Å². The first-order valence-corrected chi connectivity index (χ1v) is 7.71. The number of aryl methyl sites for hydroxylation is 1. The van der Waals surface area contributed by atoms with E-state index in [1.54, 1.807) is 19.3 Å². The zero-order valence-electron chi connectivity index (χ0n) is 13.3. The summed E-state index contributed by atoms with van der Waals surface area (Å²) in [5, 5.41) is 0. The van der Waals surface area contributed by atoms with Crippen molar-refractivity contribution >= 4 is 5.95 Å². The molecule has 0 amide bonds. The van der Waals surface area contributed by atoms with E-state index in [0.717, 1.165) is 25.7 Å². The summed E-state index contributed by atoms with van der Waals surface area (Å²) in [4.78, 5) is 15.9. The van der Waals surface area contributed by atoms with Crippen molar-refractivity contribution < 1.29 is 13.2 Å². The molecule has 1 aliphatic rings. The second-order valence-electron chi connectivity index (χ2n) is 5.81. The molecule has 3 rings (SSSR count). The maximum atomic E-state index is 12.9. The Morgan fingerprint density at radius 1 is 1.04 bits per heavy atom. The van der Waals surface area contributed by atoms with Crippen LogP contribution < -0.4 is 4.90 Å². The van der Waals surface area contributed by atoms with E-state index in [1.807, 2.05) is 17.0 Å². The van der Waals surface area contributed by atoms with Crippen LogP contribution in [0.4, 0.5) is 19.1 Å². The molecule has 0 radical (unpaired) electrons. The lowest BCUT2D eigenvalue weighted by Gasteiger charge is -2.35. The van der Waals surface area contributed by atoms with Crippen molar-refractivity contribution in [1.29, 1.82) is 0 Å². The summed E-state index contributed by atoms with van der Waals surface area (Å²) in [7, 11) is 0. The second kappa shape index (κ2) is 6.72. The van der Waals surface area contributed by atoms with Gasteiger partial charge in [0.05, 0.1) is 0 Å². The summed E-state index contributed by atoms with van der Waals surface area (Å²) in [6.45, 7) is 5.07. The van der Waals surface area contributed by atoms with Gasteiger partial charge in [0.1, 0.15) is 5.69 Å². The van der Waals surface area contributed by atoms with Gasteiger partial charge < -0.3 is 4.90 Å². The molecule has 0 atom stereocenters. The lowest BCUT2D eigenvalue weighted by Crippen LogP contribution is -2.46. The number of piperazine rings is 1. The van der Waals surface area contributed by atoms with Gasteiger partial charge >= 0.3 is 6.18 Å². The summed E-state index contributed by atoms with van der Waals surface area (Å²) in [5.74, 6) is 0.158. The lowest BCUT2D eigenvalue weighted by atomic mass is 10.2. The molecule has 0 aliphatic carbocycles. The summed E-state index contributed by atoms with van der Waals surface area (Å²) < 4.78 is 38.7. The van der Waals surface area contributed by atoms with E-state index in [1.165, 1.54) is 5.56 Å². The van der Waals surface area contributed by atoms with Gasteiger partial charge in [-0.05, 0) is 30.7 Å². The fourth-order valence-corrected chi connectivity index (χ4v) is 2.69. The van der Waals surface area contributed by atoms with E-state index >= 15 is 0 Å². The predicted molar refractivity (Wildman–Crippen MR) is 83.5 cm³/mol. The minimum absolute atomic E-state index is 0.158. The van der Waals surface area contributed by atoms with Crippen molar-refractivity contribution in [1.82, 2.24) is 19.9 Å². The Hall–Kier alpha value is -2.22. The Bertz CT molecular complexity index is 682.